The lowest BCUT2D eigenvalue weighted by molar-refractivity contribution is -0.129. The highest BCUT2D eigenvalue weighted by molar-refractivity contribution is 5.93. The van der Waals surface area contributed by atoms with Gasteiger partial charge in [-0.25, -0.2) is 4.79 Å². The molecule has 0 bridgehead atoms. The summed E-state index contributed by atoms with van der Waals surface area (Å²) in [7, 11) is 0. The van der Waals surface area contributed by atoms with Crippen LogP contribution in [0.15, 0.2) is 122 Å². The van der Waals surface area contributed by atoms with E-state index >= 15 is 0 Å². The highest BCUT2D eigenvalue weighted by Gasteiger charge is 2.23. The summed E-state index contributed by atoms with van der Waals surface area (Å²) in [5.41, 5.74) is 3.39. The molecule has 0 aliphatic heterocycles. The van der Waals surface area contributed by atoms with Crippen molar-refractivity contribution in [3.63, 3.8) is 0 Å². The maximum Gasteiger partial charge on any atom is 0.343 e. The Bertz CT molecular complexity index is 1120. The number of benzene rings is 2. The highest BCUT2D eigenvalue weighted by atomic mass is 16.5. The smallest absolute Gasteiger partial charge is 0.343 e. The van der Waals surface area contributed by atoms with Crippen LogP contribution in [-0.4, -0.2) is 5.97 Å². The van der Waals surface area contributed by atoms with E-state index in [4.69, 9.17) is 9.47 Å². The molecule has 0 saturated carbocycles. The lowest BCUT2D eigenvalue weighted by Gasteiger charge is -2.26. The van der Waals surface area contributed by atoms with Gasteiger partial charge in [-0.15, -0.1) is 0 Å². The Morgan fingerprint density at radius 3 is 1.97 bits per heavy atom. The van der Waals surface area contributed by atoms with Crippen LogP contribution >= 0.6 is 0 Å². The Morgan fingerprint density at radius 2 is 1.48 bits per heavy atom. The number of ether oxygens (including phenoxy) is 2. The molecule has 2 aromatic carbocycles. The van der Waals surface area contributed by atoms with Gasteiger partial charge in [-0.2, -0.15) is 0 Å². The minimum atomic E-state index is -0.464. The molecule has 1 aliphatic rings. The normalized spacial score (nSPS) is 13.6. The van der Waals surface area contributed by atoms with Gasteiger partial charge < -0.3 is 9.47 Å². The number of carbonyl (C=O) groups excluding carboxylic acids is 1. The Kier molecular flexibility index (Phi) is 7.68. The molecule has 1 aliphatic carbocycles. The Morgan fingerprint density at radius 1 is 0.909 bits per heavy atom. The Labute approximate surface area is 196 Å². The zero-order valence-electron chi connectivity index (χ0n) is 19.3. The molecular formula is C30H30O3. The van der Waals surface area contributed by atoms with Crippen molar-refractivity contribution in [3.8, 4) is 11.5 Å². The Hall–Kier alpha value is -3.85. The maximum absolute atomic E-state index is 12.2. The van der Waals surface area contributed by atoms with Gasteiger partial charge >= 0.3 is 5.97 Å². The van der Waals surface area contributed by atoms with Crippen LogP contribution in [-0.2, 0) is 10.2 Å². The van der Waals surface area contributed by atoms with E-state index < -0.39 is 5.97 Å². The number of rotatable bonds is 9. The molecule has 3 heteroatoms. The molecule has 0 N–H and O–H groups in total. The van der Waals surface area contributed by atoms with E-state index in [1.54, 1.807) is 18.2 Å². The molecule has 0 atom stereocenters. The van der Waals surface area contributed by atoms with E-state index in [2.05, 4.69) is 63.9 Å². The van der Waals surface area contributed by atoms with Crippen LogP contribution in [0.4, 0.5) is 0 Å². The first kappa shape index (κ1) is 23.8. The van der Waals surface area contributed by atoms with E-state index in [1.165, 1.54) is 12.2 Å². The number of carbonyl (C=O) groups is 1. The largest absolute Gasteiger partial charge is 0.457 e. The average molecular weight is 439 g/mol. The third kappa shape index (κ3) is 5.89. The van der Waals surface area contributed by atoms with Crippen molar-refractivity contribution in [2.24, 2.45) is 0 Å². The second-order valence-corrected chi connectivity index (χ2v) is 8.29. The monoisotopic (exact) mass is 438 g/mol. The fourth-order valence-electron chi connectivity index (χ4n) is 3.58. The molecule has 0 amide bonds. The molecule has 0 heterocycles. The number of hydrogen-bond donors (Lipinski definition) is 0. The lowest BCUT2D eigenvalue weighted by Crippen LogP contribution is -2.19. The molecule has 0 fully saturated rings. The van der Waals surface area contributed by atoms with Crippen molar-refractivity contribution in [2.45, 2.75) is 32.1 Å². The van der Waals surface area contributed by atoms with Crippen LogP contribution in [0.3, 0.4) is 0 Å². The standard InChI is InChI=1S/C30H30O3/c1-6-11-23(7-2)29(31)33-28-20-16-26(17-21-28)30(4,5)25-14-18-27(19-15-25)32-22(3)24-12-9-8-10-13-24/h6-7,9,11-21H,1-3,8,10H2,4-5H3/b23-11+. The molecule has 0 saturated heterocycles. The van der Waals surface area contributed by atoms with Gasteiger partial charge in [0, 0.05) is 11.0 Å². The van der Waals surface area contributed by atoms with Gasteiger partial charge in [-0.05, 0) is 54.3 Å². The predicted octanol–water partition coefficient (Wildman–Crippen LogP) is 7.39. The van der Waals surface area contributed by atoms with Gasteiger partial charge in [0.05, 0.1) is 5.57 Å². The average Bonchev–Trinajstić information content (AvgIpc) is 2.83. The van der Waals surface area contributed by atoms with E-state index in [0.717, 1.165) is 35.3 Å². The fourth-order valence-corrected chi connectivity index (χ4v) is 3.58. The molecule has 33 heavy (non-hydrogen) atoms. The molecule has 0 spiro atoms. The molecule has 168 valence electrons. The van der Waals surface area contributed by atoms with Crippen LogP contribution in [0.1, 0.15) is 37.8 Å². The number of allylic oxidation sites excluding steroid dienone is 5. The van der Waals surface area contributed by atoms with E-state index in [-0.39, 0.29) is 5.41 Å². The van der Waals surface area contributed by atoms with Crippen LogP contribution in [0.25, 0.3) is 0 Å². The van der Waals surface area contributed by atoms with Crippen LogP contribution in [0, 0.1) is 0 Å². The van der Waals surface area contributed by atoms with Gasteiger partial charge in [0.25, 0.3) is 0 Å². The number of esters is 1. The quantitative estimate of drug-likeness (QED) is 0.135. The molecule has 0 radical (unpaired) electrons. The van der Waals surface area contributed by atoms with E-state index in [0.29, 0.717) is 17.1 Å². The van der Waals surface area contributed by atoms with E-state index in [9.17, 15) is 4.79 Å². The van der Waals surface area contributed by atoms with Gasteiger partial charge in [0.2, 0.25) is 0 Å². The van der Waals surface area contributed by atoms with Gasteiger partial charge in [-0.1, -0.05) is 88.2 Å². The molecular weight excluding hydrogens is 408 g/mol. The fraction of sp³-hybridized carbons (Fsp3) is 0.167. The molecule has 2 aromatic rings. The zero-order valence-corrected chi connectivity index (χ0v) is 19.3. The Balaban J connectivity index is 1.69. The first-order chi connectivity index (χ1) is 15.8. The summed E-state index contributed by atoms with van der Waals surface area (Å²) in [5, 5.41) is 0. The van der Waals surface area contributed by atoms with Crippen molar-refractivity contribution >= 4 is 5.97 Å². The summed E-state index contributed by atoms with van der Waals surface area (Å²) in [6.45, 7) is 15.6. The molecule has 0 aromatic heterocycles. The second kappa shape index (κ2) is 10.6. The minimum absolute atomic E-state index is 0.248. The third-order valence-electron chi connectivity index (χ3n) is 5.67. The van der Waals surface area contributed by atoms with Crippen molar-refractivity contribution in [2.75, 3.05) is 0 Å². The summed E-state index contributed by atoms with van der Waals surface area (Å²) < 4.78 is 11.4. The molecule has 0 unspecified atom stereocenters. The third-order valence-corrected chi connectivity index (χ3v) is 5.67. The SMILES string of the molecule is C=C/C=C(\C=C)C(=O)Oc1ccc(C(C)(C)c2ccc(OC(=C)C3=CCCC=C3)cc2)cc1. The summed E-state index contributed by atoms with van der Waals surface area (Å²) >= 11 is 0. The van der Waals surface area contributed by atoms with Crippen LogP contribution in [0.2, 0.25) is 0 Å². The maximum atomic E-state index is 12.2. The van der Waals surface area contributed by atoms with Gasteiger partial charge in [0.1, 0.15) is 17.3 Å². The summed E-state index contributed by atoms with van der Waals surface area (Å²) in [5.74, 6) is 1.43. The second-order valence-electron chi connectivity index (χ2n) is 8.29. The summed E-state index contributed by atoms with van der Waals surface area (Å²) in [6, 6.07) is 15.6. The molecule has 3 rings (SSSR count). The minimum Gasteiger partial charge on any atom is -0.457 e. The van der Waals surface area contributed by atoms with Crippen molar-refractivity contribution in [1.29, 1.82) is 0 Å². The first-order valence-electron chi connectivity index (χ1n) is 11.0. The van der Waals surface area contributed by atoms with Crippen molar-refractivity contribution < 1.29 is 14.3 Å². The molecule has 3 nitrogen and oxygen atoms in total. The van der Waals surface area contributed by atoms with E-state index in [1.807, 2.05) is 24.3 Å². The van der Waals surface area contributed by atoms with Crippen molar-refractivity contribution in [3.05, 3.63) is 133 Å². The topological polar surface area (TPSA) is 35.5 Å². The highest BCUT2D eigenvalue weighted by Crippen LogP contribution is 2.34. The number of hydrogen-bond acceptors (Lipinski definition) is 3. The van der Waals surface area contributed by atoms with Gasteiger partial charge in [-0.3, -0.25) is 0 Å². The lowest BCUT2D eigenvalue weighted by atomic mass is 9.78. The first-order valence-corrected chi connectivity index (χ1v) is 11.0. The summed E-state index contributed by atoms with van der Waals surface area (Å²) in [6.07, 6.45) is 13.0. The van der Waals surface area contributed by atoms with Crippen LogP contribution in [0.5, 0.6) is 11.5 Å². The van der Waals surface area contributed by atoms with Crippen LogP contribution < -0.4 is 9.47 Å². The zero-order chi connectivity index (χ0) is 23.8. The van der Waals surface area contributed by atoms with Gasteiger partial charge in [0.15, 0.2) is 0 Å². The predicted molar refractivity (Wildman–Crippen MR) is 135 cm³/mol. The van der Waals surface area contributed by atoms with Crippen molar-refractivity contribution in [1.82, 2.24) is 0 Å². The summed E-state index contributed by atoms with van der Waals surface area (Å²) in [4.78, 5) is 12.2.